The Morgan fingerprint density at radius 1 is 0.409 bits per heavy atom. The summed E-state index contributed by atoms with van der Waals surface area (Å²) < 4.78 is 0. The van der Waals surface area contributed by atoms with E-state index in [0.29, 0.717) is 0 Å². The van der Waals surface area contributed by atoms with E-state index in [4.69, 9.17) is 0 Å². The molecule has 0 N–H and O–H groups in total. The summed E-state index contributed by atoms with van der Waals surface area (Å²) in [6.45, 7) is 4.73. The standard InChI is InChI=1S/C43H33N/c1-43(2)39-22-13-23-41(42(39)38-28-32-16-9-10-17-33(32)29-40(38)43)44(34-18-7-4-8-19-34)35-26-24-31(25-27-35)37-21-12-11-20-36(37)30-14-5-3-6-15-30/h3-29H,1-2H3. The Kier molecular flexibility index (Phi) is 6.20. The summed E-state index contributed by atoms with van der Waals surface area (Å²) in [7, 11) is 0. The molecular formula is C43H33N. The van der Waals surface area contributed by atoms with Crippen LogP contribution in [-0.4, -0.2) is 0 Å². The van der Waals surface area contributed by atoms with E-state index in [9.17, 15) is 0 Å². The lowest BCUT2D eigenvalue weighted by atomic mass is 9.82. The molecule has 0 amide bonds. The molecule has 1 heteroatoms. The van der Waals surface area contributed by atoms with E-state index in [0.717, 1.165) is 11.4 Å². The predicted molar refractivity (Wildman–Crippen MR) is 187 cm³/mol. The van der Waals surface area contributed by atoms with Crippen LogP contribution in [0.15, 0.2) is 164 Å². The minimum Gasteiger partial charge on any atom is -0.310 e. The van der Waals surface area contributed by atoms with Crippen molar-refractivity contribution >= 4 is 27.8 Å². The van der Waals surface area contributed by atoms with Crippen LogP contribution in [0.2, 0.25) is 0 Å². The van der Waals surface area contributed by atoms with Gasteiger partial charge in [0.2, 0.25) is 0 Å². The molecule has 1 aliphatic rings. The van der Waals surface area contributed by atoms with Crippen molar-refractivity contribution in [2.45, 2.75) is 19.3 Å². The van der Waals surface area contributed by atoms with Crippen molar-refractivity contribution in [2.24, 2.45) is 0 Å². The minimum absolute atomic E-state index is 0.0991. The molecule has 0 saturated carbocycles. The molecule has 0 spiro atoms. The van der Waals surface area contributed by atoms with Gasteiger partial charge in [-0.25, -0.2) is 0 Å². The minimum atomic E-state index is -0.0991. The molecule has 0 unspecified atom stereocenters. The maximum Gasteiger partial charge on any atom is 0.0543 e. The SMILES string of the molecule is CC1(C)c2cc3ccccc3cc2-c2c(N(c3ccccc3)c3ccc(-c4ccccc4-c4ccccc4)cc3)cccc21. The molecule has 0 radical (unpaired) electrons. The van der Waals surface area contributed by atoms with Crippen LogP contribution in [-0.2, 0) is 5.41 Å². The van der Waals surface area contributed by atoms with Gasteiger partial charge in [0.1, 0.15) is 0 Å². The van der Waals surface area contributed by atoms with Crippen LogP contribution in [0.1, 0.15) is 25.0 Å². The second-order valence-corrected chi connectivity index (χ2v) is 12.2. The highest BCUT2D eigenvalue weighted by Crippen LogP contribution is 2.55. The molecule has 0 atom stereocenters. The van der Waals surface area contributed by atoms with Crippen molar-refractivity contribution in [1.29, 1.82) is 0 Å². The molecule has 7 aromatic carbocycles. The number of hydrogen-bond acceptors (Lipinski definition) is 1. The lowest BCUT2D eigenvalue weighted by molar-refractivity contribution is 0.661. The summed E-state index contributed by atoms with van der Waals surface area (Å²) in [5, 5.41) is 2.57. The number of rotatable bonds is 5. The maximum absolute atomic E-state index is 2.42. The van der Waals surface area contributed by atoms with Crippen LogP contribution in [0.5, 0.6) is 0 Å². The van der Waals surface area contributed by atoms with Gasteiger partial charge in [0.05, 0.1) is 5.69 Å². The normalized spacial score (nSPS) is 13.0. The lowest BCUT2D eigenvalue weighted by Crippen LogP contribution is -2.16. The fraction of sp³-hybridized carbons (Fsp3) is 0.0698. The van der Waals surface area contributed by atoms with Crippen molar-refractivity contribution in [1.82, 2.24) is 0 Å². The van der Waals surface area contributed by atoms with Crippen molar-refractivity contribution < 1.29 is 0 Å². The second kappa shape index (κ2) is 10.4. The van der Waals surface area contributed by atoms with Gasteiger partial charge in [-0.1, -0.05) is 135 Å². The van der Waals surface area contributed by atoms with Gasteiger partial charge >= 0.3 is 0 Å². The summed E-state index contributed by atoms with van der Waals surface area (Å²) >= 11 is 0. The maximum atomic E-state index is 2.42. The van der Waals surface area contributed by atoms with Crippen molar-refractivity contribution in [3.63, 3.8) is 0 Å². The third-order valence-corrected chi connectivity index (χ3v) is 9.25. The quantitative estimate of drug-likeness (QED) is 0.201. The topological polar surface area (TPSA) is 3.24 Å². The van der Waals surface area contributed by atoms with E-state index in [2.05, 4.69) is 183 Å². The van der Waals surface area contributed by atoms with Crippen LogP contribution in [0.4, 0.5) is 17.1 Å². The van der Waals surface area contributed by atoms with E-state index >= 15 is 0 Å². The molecule has 1 aliphatic carbocycles. The molecule has 7 aromatic rings. The van der Waals surface area contributed by atoms with E-state index in [1.807, 2.05) is 0 Å². The molecule has 8 rings (SSSR count). The Morgan fingerprint density at radius 3 is 1.64 bits per heavy atom. The first kappa shape index (κ1) is 26.2. The Bertz CT molecular complexity index is 2120. The fourth-order valence-corrected chi connectivity index (χ4v) is 7.04. The van der Waals surface area contributed by atoms with Gasteiger partial charge in [-0.3, -0.25) is 0 Å². The van der Waals surface area contributed by atoms with Gasteiger partial charge < -0.3 is 4.90 Å². The summed E-state index contributed by atoms with van der Waals surface area (Å²) in [4.78, 5) is 2.42. The predicted octanol–water partition coefficient (Wildman–Crippen LogP) is 11.9. The van der Waals surface area contributed by atoms with E-state index < -0.39 is 0 Å². The van der Waals surface area contributed by atoms with Crippen LogP contribution >= 0.6 is 0 Å². The summed E-state index contributed by atoms with van der Waals surface area (Å²) in [5.41, 5.74) is 13.7. The molecule has 44 heavy (non-hydrogen) atoms. The summed E-state index contributed by atoms with van der Waals surface area (Å²) in [6, 6.07) is 59.5. The molecule has 0 saturated heterocycles. The third-order valence-electron chi connectivity index (χ3n) is 9.25. The van der Waals surface area contributed by atoms with Gasteiger partial charge in [-0.2, -0.15) is 0 Å². The highest BCUT2D eigenvalue weighted by atomic mass is 15.1. The van der Waals surface area contributed by atoms with Crippen LogP contribution in [0.3, 0.4) is 0 Å². The van der Waals surface area contributed by atoms with Crippen LogP contribution in [0.25, 0.3) is 44.2 Å². The zero-order valence-corrected chi connectivity index (χ0v) is 25.0. The zero-order valence-electron chi connectivity index (χ0n) is 25.0. The Balaban J connectivity index is 1.30. The summed E-state index contributed by atoms with van der Waals surface area (Å²) in [5.74, 6) is 0. The average molecular weight is 564 g/mol. The van der Waals surface area contributed by atoms with Crippen molar-refractivity contribution in [3.05, 3.63) is 175 Å². The first-order valence-corrected chi connectivity index (χ1v) is 15.4. The molecule has 0 aliphatic heterocycles. The van der Waals surface area contributed by atoms with Crippen molar-refractivity contribution in [2.75, 3.05) is 4.90 Å². The number of anilines is 3. The molecule has 0 fully saturated rings. The van der Waals surface area contributed by atoms with Gasteiger partial charge in [0.25, 0.3) is 0 Å². The highest BCUT2D eigenvalue weighted by molar-refractivity contribution is 6.00. The first-order valence-electron chi connectivity index (χ1n) is 15.4. The number of benzene rings is 7. The molecule has 210 valence electrons. The largest absolute Gasteiger partial charge is 0.310 e. The zero-order chi connectivity index (χ0) is 29.7. The van der Waals surface area contributed by atoms with Gasteiger partial charge in [0.15, 0.2) is 0 Å². The molecule has 0 aromatic heterocycles. The first-order chi connectivity index (χ1) is 21.6. The third kappa shape index (κ3) is 4.24. The smallest absolute Gasteiger partial charge is 0.0543 e. The summed E-state index contributed by atoms with van der Waals surface area (Å²) in [6.07, 6.45) is 0. The molecular weight excluding hydrogens is 530 g/mol. The Morgan fingerprint density at radius 2 is 0.955 bits per heavy atom. The van der Waals surface area contributed by atoms with E-state index in [-0.39, 0.29) is 5.41 Å². The Hall–Kier alpha value is -5.40. The molecule has 0 heterocycles. The highest BCUT2D eigenvalue weighted by Gasteiger charge is 2.38. The average Bonchev–Trinajstić information content (AvgIpc) is 3.31. The second-order valence-electron chi connectivity index (χ2n) is 12.2. The van der Waals surface area contributed by atoms with E-state index in [1.165, 1.54) is 61.0 Å². The van der Waals surface area contributed by atoms with Gasteiger partial charge in [0, 0.05) is 22.4 Å². The van der Waals surface area contributed by atoms with Crippen LogP contribution in [0, 0.1) is 0 Å². The van der Waals surface area contributed by atoms with Gasteiger partial charge in [-0.05, 0) is 92.2 Å². The molecule has 1 nitrogen and oxygen atoms in total. The fourth-order valence-electron chi connectivity index (χ4n) is 7.04. The number of fused-ring (bicyclic) bond motifs is 4. The van der Waals surface area contributed by atoms with Crippen molar-refractivity contribution in [3.8, 4) is 33.4 Å². The molecule has 0 bridgehead atoms. The van der Waals surface area contributed by atoms with Gasteiger partial charge in [-0.15, -0.1) is 0 Å². The number of nitrogens with zero attached hydrogens (tertiary/aromatic N) is 1. The lowest BCUT2D eigenvalue weighted by Gasteiger charge is -2.29. The Labute approximate surface area is 259 Å². The number of hydrogen-bond donors (Lipinski definition) is 0. The van der Waals surface area contributed by atoms with Crippen LogP contribution < -0.4 is 4.90 Å². The number of para-hydroxylation sites is 1. The monoisotopic (exact) mass is 563 g/mol. The van der Waals surface area contributed by atoms with E-state index in [1.54, 1.807) is 0 Å².